The van der Waals surface area contributed by atoms with Gasteiger partial charge < -0.3 is 9.32 Å². The molecule has 0 N–H and O–H groups in total. The monoisotopic (exact) mass is 273 g/mol. The first kappa shape index (κ1) is 12.3. The SMILES string of the molecule is CCCN(C(=O)c1ccoc1Br)C(C)C. The Balaban J connectivity index is 2.86. The van der Waals surface area contributed by atoms with Crippen molar-refractivity contribution in [3.8, 4) is 0 Å². The third-order valence-electron chi connectivity index (χ3n) is 2.20. The second kappa shape index (κ2) is 5.35. The fourth-order valence-corrected chi connectivity index (χ4v) is 1.85. The molecule has 1 rings (SSSR count). The lowest BCUT2D eigenvalue weighted by Gasteiger charge is -2.25. The largest absolute Gasteiger partial charge is 0.457 e. The minimum Gasteiger partial charge on any atom is -0.457 e. The van der Waals surface area contributed by atoms with Crippen LogP contribution in [0.3, 0.4) is 0 Å². The molecule has 0 unspecified atom stereocenters. The van der Waals surface area contributed by atoms with Crippen molar-refractivity contribution in [1.29, 1.82) is 0 Å². The molecule has 84 valence electrons. The lowest BCUT2D eigenvalue weighted by molar-refractivity contribution is 0.0704. The summed E-state index contributed by atoms with van der Waals surface area (Å²) in [5.41, 5.74) is 0.595. The maximum Gasteiger partial charge on any atom is 0.258 e. The molecule has 0 aliphatic heterocycles. The number of nitrogens with zero attached hydrogens (tertiary/aromatic N) is 1. The summed E-state index contributed by atoms with van der Waals surface area (Å²) >= 11 is 3.22. The zero-order valence-electron chi connectivity index (χ0n) is 9.29. The highest BCUT2D eigenvalue weighted by atomic mass is 79.9. The summed E-state index contributed by atoms with van der Waals surface area (Å²) in [5, 5.41) is 0. The van der Waals surface area contributed by atoms with E-state index in [1.807, 2.05) is 18.7 Å². The van der Waals surface area contributed by atoms with Gasteiger partial charge in [-0.3, -0.25) is 4.79 Å². The highest BCUT2D eigenvalue weighted by molar-refractivity contribution is 9.10. The van der Waals surface area contributed by atoms with E-state index in [0.717, 1.165) is 13.0 Å². The molecule has 0 saturated carbocycles. The topological polar surface area (TPSA) is 33.5 Å². The third-order valence-corrected chi connectivity index (χ3v) is 2.81. The van der Waals surface area contributed by atoms with E-state index >= 15 is 0 Å². The van der Waals surface area contributed by atoms with E-state index in [-0.39, 0.29) is 11.9 Å². The highest BCUT2D eigenvalue weighted by Crippen LogP contribution is 2.20. The predicted octanol–water partition coefficient (Wildman–Crippen LogP) is 3.30. The van der Waals surface area contributed by atoms with Crippen LogP contribution in [0.25, 0.3) is 0 Å². The van der Waals surface area contributed by atoms with Crippen molar-refractivity contribution in [2.75, 3.05) is 6.54 Å². The summed E-state index contributed by atoms with van der Waals surface area (Å²) in [4.78, 5) is 13.9. The first-order chi connectivity index (χ1) is 7.07. The highest BCUT2D eigenvalue weighted by Gasteiger charge is 2.21. The van der Waals surface area contributed by atoms with Crippen LogP contribution in [-0.2, 0) is 0 Å². The van der Waals surface area contributed by atoms with Gasteiger partial charge in [-0.05, 0) is 42.3 Å². The Morgan fingerprint density at radius 1 is 1.60 bits per heavy atom. The summed E-state index contributed by atoms with van der Waals surface area (Å²) < 4.78 is 5.57. The molecule has 3 nitrogen and oxygen atoms in total. The maximum absolute atomic E-state index is 12.1. The molecule has 15 heavy (non-hydrogen) atoms. The normalized spacial score (nSPS) is 10.7. The molecule has 1 heterocycles. The fourth-order valence-electron chi connectivity index (χ4n) is 1.44. The Labute approximate surface area is 98.6 Å². The molecular formula is C11H16BrNO2. The van der Waals surface area contributed by atoms with E-state index < -0.39 is 0 Å². The van der Waals surface area contributed by atoms with Gasteiger partial charge in [-0.2, -0.15) is 0 Å². The lowest BCUT2D eigenvalue weighted by Crippen LogP contribution is -2.37. The van der Waals surface area contributed by atoms with Gasteiger partial charge in [0.2, 0.25) is 0 Å². The van der Waals surface area contributed by atoms with Gasteiger partial charge in [-0.1, -0.05) is 6.92 Å². The molecule has 0 saturated heterocycles. The molecule has 0 aromatic carbocycles. The maximum atomic E-state index is 12.1. The van der Waals surface area contributed by atoms with Crippen LogP contribution in [0.4, 0.5) is 0 Å². The zero-order chi connectivity index (χ0) is 11.4. The number of halogens is 1. The minimum absolute atomic E-state index is 0.0208. The van der Waals surface area contributed by atoms with Crippen LogP contribution in [0.2, 0.25) is 0 Å². The molecule has 0 spiro atoms. The van der Waals surface area contributed by atoms with Crippen molar-refractivity contribution >= 4 is 21.8 Å². The van der Waals surface area contributed by atoms with E-state index in [2.05, 4.69) is 22.9 Å². The number of rotatable bonds is 4. The summed E-state index contributed by atoms with van der Waals surface area (Å²) in [6.45, 7) is 6.87. The third kappa shape index (κ3) is 2.84. The molecule has 0 radical (unpaired) electrons. The zero-order valence-corrected chi connectivity index (χ0v) is 10.9. The molecule has 0 bridgehead atoms. The Morgan fingerprint density at radius 2 is 2.27 bits per heavy atom. The number of furan rings is 1. The quantitative estimate of drug-likeness (QED) is 0.844. The molecule has 1 aromatic rings. The van der Waals surface area contributed by atoms with Crippen LogP contribution in [0.5, 0.6) is 0 Å². The van der Waals surface area contributed by atoms with Crippen molar-refractivity contribution in [3.05, 3.63) is 22.6 Å². The molecule has 0 aliphatic rings. The Kier molecular flexibility index (Phi) is 4.39. The van der Waals surface area contributed by atoms with Crippen molar-refractivity contribution in [2.24, 2.45) is 0 Å². The fraction of sp³-hybridized carbons (Fsp3) is 0.545. The van der Waals surface area contributed by atoms with Gasteiger partial charge in [0.15, 0.2) is 4.67 Å². The van der Waals surface area contributed by atoms with E-state index in [1.54, 1.807) is 6.07 Å². The molecule has 4 heteroatoms. The Hall–Kier alpha value is -0.770. The van der Waals surface area contributed by atoms with E-state index in [4.69, 9.17) is 4.42 Å². The standard InChI is InChI=1S/C11H16BrNO2/c1-4-6-13(8(2)3)11(14)9-5-7-15-10(9)12/h5,7-8H,4,6H2,1-3H3. The van der Waals surface area contributed by atoms with Crippen LogP contribution in [0, 0.1) is 0 Å². The number of amides is 1. The minimum atomic E-state index is 0.0208. The van der Waals surface area contributed by atoms with E-state index in [0.29, 0.717) is 10.2 Å². The van der Waals surface area contributed by atoms with Crippen molar-refractivity contribution in [1.82, 2.24) is 4.90 Å². The van der Waals surface area contributed by atoms with Crippen LogP contribution in [0.1, 0.15) is 37.6 Å². The molecule has 0 fully saturated rings. The second-order valence-electron chi connectivity index (χ2n) is 3.70. The second-order valence-corrected chi connectivity index (χ2v) is 4.42. The van der Waals surface area contributed by atoms with Crippen LogP contribution in [-0.4, -0.2) is 23.4 Å². The average Bonchev–Trinajstić information content (AvgIpc) is 2.59. The summed E-state index contributed by atoms with van der Waals surface area (Å²) in [6.07, 6.45) is 2.47. The van der Waals surface area contributed by atoms with Gasteiger partial charge in [0.1, 0.15) is 0 Å². The van der Waals surface area contributed by atoms with E-state index in [9.17, 15) is 4.79 Å². The van der Waals surface area contributed by atoms with Crippen LogP contribution >= 0.6 is 15.9 Å². The van der Waals surface area contributed by atoms with Crippen molar-refractivity contribution in [3.63, 3.8) is 0 Å². The first-order valence-electron chi connectivity index (χ1n) is 5.11. The summed E-state index contributed by atoms with van der Waals surface area (Å²) in [6, 6.07) is 1.90. The van der Waals surface area contributed by atoms with Crippen LogP contribution < -0.4 is 0 Å². The predicted molar refractivity (Wildman–Crippen MR) is 62.9 cm³/mol. The van der Waals surface area contributed by atoms with Gasteiger partial charge in [-0.15, -0.1) is 0 Å². The first-order valence-corrected chi connectivity index (χ1v) is 5.91. The van der Waals surface area contributed by atoms with Crippen LogP contribution in [0.15, 0.2) is 21.4 Å². The van der Waals surface area contributed by atoms with E-state index in [1.165, 1.54) is 6.26 Å². The Morgan fingerprint density at radius 3 is 2.67 bits per heavy atom. The number of carbonyl (C=O) groups excluding carboxylic acids is 1. The number of carbonyl (C=O) groups is 1. The number of hydrogen-bond acceptors (Lipinski definition) is 2. The lowest BCUT2D eigenvalue weighted by atomic mass is 10.2. The smallest absolute Gasteiger partial charge is 0.258 e. The Bertz CT molecular complexity index is 333. The number of hydrogen-bond donors (Lipinski definition) is 0. The molecule has 1 aromatic heterocycles. The van der Waals surface area contributed by atoms with Gasteiger partial charge in [0.25, 0.3) is 5.91 Å². The summed E-state index contributed by atoms with van der Waals surface area (Å²) in [7, 11) is 0. The summed E-state index contributed by atoms with van der Waals surface area (Å²) in [5.74, 6) is 0.0208. The average molecular weight is 274 g/mol. The van der Waals surface area contributed by atoms with Gasteiger partial charge in [0.05, 0.1) is 11.8 Å². The molecular weight excluding hydrogens is 258 g/mol. The van der Waals surface area contributed by atoms with Crippen molar-refractivity contribution < 1.29 is 9.21 Å². The van der Waals surface area contributed by atoms with Crippen molar-refractivity contribution in [2.45, 2.75) is 33.2 Å². The van der Waals surface area contributed by atoms with Gasteiger partial charge >= 0.3 is 0 Å². The molecule has 0 aliphatic carbocycles. The molecule has 1 amide bonds. The van der Waals surface area contributed by atoms with Gasteiger partial charge in [-0.25, -0.2) is 0 Å². The van der Waals surface area contributed by atoms with Gasteiger partial charge in [0, 0.05) is 12.6 Å². The molecule has 0 atom stereocenters.